The first-order chi connectivity index (χ1) is 13.9. The van der Waals surface area contributed by atoms with Crippen molar-refractivity contribution in [1.82, 2.24) is 9.78 Å². The van der Waals surface area contributed by atoms with E-state index in [9.17, 15) is 24.6 Å². The minimum atomic E-state index is -1.36. The van der Waals surface area contributed by atoms with Gasteiger partial charge in [0.15, 0.2) is 5.69 Å². The number of rotatable bonds is 5. The van der Waals surface area contributed by atoms with Crippen LogP contribution < -0.4 is 0 Å². The number of aromatic hydroxyl groups is 1. The minimum Gasteiger partial charge on any atom is -0.507 e. The molecule has 2 N–H and O–H groups in total. The molecule has 2 aromatic carbocycles. The van der Waals surface area contributed by atoms with Crippen molar-refractivity contribution in [1.29, 1.82) is 0 Å². The number of carbonyl (C=O) groups excluding carboxylic acids is 2. The molecule has 29 heavy (non-hydrogen) atoms. The normalized spacial score (nSPS) is 10.4. The van der Waals surface area contributed by atoms with Crippen molar-refractivity contribution in [3.05, 3.63) is 65.4 Å². The van der Waals surface area contributed by atoms with Crippen molar-refractivity contribution in [2.45, 2.75) is 0 Å². The molecule has 148 valence electrons. The molecule has 9 heteroatoms. The van der Waals surface area contributed by atoms with Crippen LogP contribution in [0.2, 0.25) is 0 Å². The lowest BCUT2D eigenvalue weighted by atomic mass is 10.0. The predicted molar refractivity (Wildman–Crippen MR) is 100 cm³/mol. The van der Waals surface area contributed by atoms with E-state index in [0.717, 1.165) is 20.3 Å². The quantitative estimate of drug-likeness (QED) is 0.630. The zero-order valence-electron chi connectivity index (χ0n) is 15.4. The molecule has 0 aliphatic carbocycles. The largest absolute Gasteiger partial charge is 0.507 e. The first-order valence-electron chi connectivity index (χ1n) is 8.30. The van der Waals surface area contributed by atoms with E-state index in [4.69, 9.17) is 9.47 Å². The fraction of sp³-hybridized carbons (Fsp3) is 0.100. The number of ether oxygens (including phenoxy) is 2. The summed E-state index contributed by atoms with van der Waals surface area (Å²) in [5, 5.41) is 23.4. The monoisotopic (exact) mass is 396 g/mol. The molecule has 0 bridgehead atoms. The Labute approximate surface area is 164 Å². The van der Waals surface area contributed by atoms with E-state index in [0.29, 0.717) is 5.69 Å². The summed E-state index contributed by atoms with van der Waals surface area (Å²) in [5.41, 5.74) is -0.0755. The molecule has 0 fully saturated rings. The van der Waals surface area contributed by atoms with Crippen LogP contribution in [0.4, 0.5) is 0 Å². The number of hydrogen-bond donors (Lipinski definition) is 2. The number of benzene rings is 2. The van der Waals surface area contributed by atoms with Gasteiger partial charge in [-0.3, -0.25) is 0 Å². The molecule has 0 atom stereocenters. The van der Waals surface area contributed by atoms with Gasteiger partial charge in [-0.15, -0.1) is 0 Å². The molecule has 0 unspecified atom stereocenters. The molecule has 0 spiro atoms. The summed E-state index contributed by atoms with van der Waals surface area (Å²) >= 11 is 0. The summed E-state index contributed by atoms with van der Waals surface area (Å²) in [4.78, 5) is 36.4. The maximum atomic E-state index is 12.5. The fourth-order valence-electron chi connectivity index (χ4n) is 2.81. The predicted octanol–water partition coefficient (Wildman–Crippen LogP) is 2.52. The van der Waals surface area contributed by atoms with Gasteiger partial charge in [-0.2, -0.15) is 5.10 Å². The number of carboxylic acid groups (broad SMARTS) is 1. The highest BCUT2D eigenvalue weighted by molar-refractivity contribution is 6.07. The van der Waals surface area contributed by atoms with Gasteiger partial charge in [0.25, 0.3) is 0 Å². The summed E-state index contributed by atoms with van der Waals surface area (Å²) in [7, 11) is 2.31. The number of phenols is 1. The smallest absolute Gasteiger partial charge is 0.357 e. The number of para-hydroxylation sites is 1. The lowest BCUT2D eigenvalue weighted by Gasteiger charge is -2.07. The standard InChI is InChI=1S/C20H16N2O7/c1-28-19(26)15-16(11-8-9-14(23)13(10-11)18(24)25)21-22(17(15)20(27)29-2)12-6-4-3-5-7-12/h3-10,23H,1-2H3,(H,24,25). The molecule has 1 aromatic heterocycles. The molecule has 9 nitrogen and oxygen atoms in total. The van der Waals surface area contributed by atoms with Crippen LogP contribution in [0.25, 0.3) is 16.9 Å². The molecule has 3 rings (SSSR count). The van der Waals surface area contributed by atoms with Crippen LogP contribution in [0.1, 0.15) is 31.2 Å². The Morgan fingerprint density at radius 3 is 2.21 bits per heavy atom. The maximum Gasteiger partial charge on any atom is 0.357 e. The highest BCUT2D eigenvalue weighted by atomic mass is 16.5. The maximum absolute atomic E-state index is 12.5. The molecule has 1 heterocycles. The average Bonchev–Trinajstić information content (AvgIpc) is 3.14. The summed E-state index contributed by atoms with van der Waals surface area (Å²) in [6.07, 6.45) is 0. The van der Waals surface area contributed by atoms with E-state index in [1.54, 1.807) is 30.3 Å². The van der Waals surface area contributed by atoms with E-state index in [1.165, 1.54) is 16.8 Å². The van der Waals surface area contributed by atoms with Crippen LogP contribution in [0.5, 0.6) is 5.75 Å². The van der Waals surface area contributed by atoms with Crippen molar-refractivity contribution in [3.8, 4) is 22.7 Å². The first kappa shape index (κ1) is 19.6. The fourth-order valence-corrected chi connectivity index (χ4v) is 2.81. The van der Waals surface area contributed by atoms with Gasteiger partial charge in [0.1, 0.15) is 22.6 Å². The second kappa shape index (κ2) is 7.85. The Bertz CT molecular complexity index is 1100. The number of carboxylic acids is 1. The topological polar surface area (TPSA) is 128 Å². The van der Waals surface area contributed by atoms with E-state index >= 15 is 0 Å². The molecular formula is C20H16N2O7. The van der Waals surface area contributed by atoms with Crippen molar-refractivity contribution in [3.63, 3.8) is 0 Å². The molecule has 3 aromatic rings. The Kier molecular flexibility index (Phi) is 5.31. The Morgan fingerprint density at radius 2 is 1.62 bits per heavy atom. The van der Waals surface area contributed by atoms with Crippen LogP contribution in [0.15, 0.2) is 48.5 Å². The zero-order chi connectivity index (χ0) is 21.1. The number of esters is 2. The van der Waals surface area contributed by atoms with Gasteiger partial charge >= 0.3 is 17.9 Å². The first-order valence-corrected chi connectivity index (χ1v) is 8.30. The zero-order valence-corrected chi connectivity index (χ0v) is 15.4. The van der Waals surface area contributed by atoms with Gasteiger partial charge in [-0.05, 0) is 30.3 Å². The second-order valence-electron chi connectivity index (χ2n) is 5.84. The van der Waals surface area contributed by atoms with Crippen LogP contribution in [0.3, 0.4) is 0 Å². The number of methoxy groups -OCH3 is 2. The van der Waals surface area contributed by atoms with Gasteiger partial charge in [0.2, 0.25) is 0 Å². The lowest BCUT2D eigenvalue weighted by molar-refractivity contribution is 0.0549. The number of aromatic nitrogens is 2. The van der Waals surface area contributed by atoms with Gasteiger partial charge in [0.05, 0.1) is 19.9 Å². The number of carbonyl (C=O) groups is 3. The molecule has 0 radical (unpaired) electrons. The third-order valence-electron chi connectivity index (χ3n) is 4.15. The van der Waals surface area contributed by atoms with E-state index < -0.39 is 23.7 Å². The molecule has 0 amide bonds. The molecule has 0 aliphatic heterocycles. The van der Waals surface area contributed by atoms with E-state index in [-0.39, 0.29) is 28.1 Å². The number of nitrogens with zero attached hydrogens (tertiary/aromatic N) is 2. The van der Waals surface area contributed by atoms with Crippen molar-refractivity contribution in [2.75, 3.05) is 14.2 Å². The molecule has 0 aliphatic rings. The summed E-state index contributed by atoms with van der Waals surface area (Å²) in [5.74, 6) is -3.49. The van der Waals surface area contributed by atoms with Crippen LogP contribution in [-0.4, -0.2) is 52.1 Å². The van der Waals surface area contributed by atoms with E-state index in [2.05, 4.69) is 5.10 Å². The van der Waals surface area contributed by atoms with Crippen molar-refractivity contribution >= 4 is 17.9 Å². The SMILES string of the molecule is COC(=O)c1c(-c2ccc(O)c(C(=O)O)c2)nn(-c2ccccc2)c1C(=O)OC. The summed E-state index contributed by atoms with van der Waals surface area (Å²) < 4.78 is 10.9. The minimum absolute atomic E-state index is 0.00334. The summed E-state index contributed by atoms with van der Waals surface area (Å²) in [6, 6.07) is 12.3. The van der Waals surface area contributed by atoms with Gasteiger partial charge in [0, 0.05) is 5.56 Å². The lowest BCUT2D eigenvalue weighted by Crippen LogP contribution is -2.15. The summed E-state index contributed by atoms with van der Waals surface area (Å²) in [6.45, 7) is 0. The van der Waals surface area contributed by atoms with Gasteiger partial charge in [-0.1, -0.05) is 18.2 Å². The molecule has 0 saturated heterocycles. The third-order valence-corrected chi connectivity index (χ3v) is 4.15. The Hall–Kier alpha value is -4.14. The molecular weight excluding hydrogens is 380 g/mol. The molecule has 0 saturated carbocycles. The van der Waals surface area contributed by atoms with Crippen molar-refractivity contribution in [2.24, 2.45) is 0 Å². The highest BCUT2D eigenvalue weighted by Gasteiger charge is 2.31. The highest BCUT2D eigenvalue weighted by Crippen LogP contribution is 2.31. The number of hydrogen-bond acceptors (Lipinski definition) is 7. The van der Waals surface area contributed by atoms with Crippen LogP contribution >= 0.6 is 0 Å². The average molecular weight is 396 g/mol. The number of aromatic carboxylic acids is 1. The second-order valence-corrected chi connectivity index (χ2v) is 5.84. The van der Waals surface area contributed by atoms with Gasteiger partial charge in [-0.25, -0.2) is 19.1 Å². The van der Waals surface area contributed by atoms with Gasteiger partial charge < -0.3 is 19.7 Å². The Morgan fingerprint density at radius 1 is 0.966 bits per heavy atom. The third kappa shape index (κ3) is 3.53. The Balaban J connectivity index is 2.37. The van der Waals surface area contributed by atoms with E-state index in [1.807, 2.05) is 0 Å². The van der Waals surface area contributed by atoms with Crippen LogP contribution in [-0.2, 0) is 9.47 Å². The van der Waals surface area contributed by atoms with Crippen LogP contribution in [0, 0.1) is 0 Å². The van der Waals surface area contributed by atoms with Crippen molar-refractivity contribution < 1.29 is 34.1 Å².